The molecule has 4 rings (SSSR count). The van der Waals surface area contributed by atoms with Crippen LogP contribution in [0.2, 0.25) is 0 Å². The molecule has 1 aliphatic heterocycles. The number of carbonyl (C=O) groups is 1. The van der Waals surface area contributed by atoms with Gasteiger partial charge in [-0.25, -0.2) is 4.79 Å². The molecule has 39 heavy (non-hydrogen) atoms. The van der Waals surface area contributed by atoms with Gasteiger partial charge in [-0.3, -0.25) is 4.89 Å². The zero-order valence-corrected chi connectivity index (χ0v) is 23.3. The predicted molar refractivity (Wildman–Crippen MR) is 152 cm³/mol. The highest BCUT2D eigenvalue weighted by Crippen LogP contribution is 2.42. The molecule has 0 amide bonds. The van der Waals surface area contributed by atoms with Crippen LogP contribution in [-0.4, -0.2) is 47.8 Å². The van der Waals surface area contributed by atoms with Gasteiger partial charge in [-0.05, 0) is 87.3 Å². The standard InChI is InChI=1S/C33H41NO5/c1-32(2,31(36)39-38-3)26-18-16-25(17-19-26)30(35)15-10-22-34-23-20-29(21-24-34)33(37,27-11-6-4-7-12-27)28-13-8-5-9-14-28/h4-9,11-14,16-19,29-30,35,37H,10,15,20-24H2,1-3H3. The average Bonchev–Trinajstić information content (AvgIpc) is 2.98. The van der Waals surface area contributed by atoms with Crippen LogP contribution in [0.4, 0.5) is 0 Å². The first-order chi connectivity index (χ1) is 18.8. The molecule has 0 bridgehead atoms. The van der Waals surface area contributed by atoms with E-state index in [1.807, 2.05) is 84.9 Å². The van der Waals surface area contributed by atoms with Gasteiger partial charge >= 0.3 is 5.97 Å². The molecule has 208 valence electrons. The molecular formula is C33H41NO5. The topological polar surface area (TPSA) is 79.2 Å². The van der Waals surface area contributed by atoms with Crippen molar-refractivity contribution in [3.63, 3.8) is 0 Å². The van der Waals surface area contributed by atoms with Gasteiger partial charge in [0.1, 0.15) is 5.60 Å². The highest BCUT2D eigenvalue weighted by atomic mass is 17.2. The Kier molecular flexibility index (Phi) is 9.57. The third-order valence-corrected chi connectivity index (χ3v) is 8.24. The van der Waals surface area contributed by atoms with Gasteiger partial charge in [-0.15, -0.1) is 0 Å². The number of aliphatic hydroxyl groups excluding tert-OH is 1. The summed E-state index contributed by atoms with van der Waals surface area (Å²) in [5.74, 6) is -0.332. The monoisotopic (exact) mass is 531 g/mol. The maximum absolute atomic E-state index is 12.2. The molecule has 0 radical (unpaired) electrons. The Balaban J connectivity index is 1.30. The van der Waals surface area contributed by atoms with E-state index < -0.39 is 23.1 Å². The lowest BCUT2D eigenvalue weighted by Crippen LogP contribution is -2.44. The second-order valence-corrected chi connectivity index (χ2v) is 11.1. The van der Waals surface area contributed by atoms with Crippen molar-refractivity contribution in [3.05, 3.63) is 107 Å². The molecule has 1 aliphatic rings. The van der Waals surface area contributed by atoms with Crippen LogP contribution in [0.5, 0.6) is 0 Å². The SMILES string of the molecule is COOC(=O)C(C)(C)c1ccc(C(O)CCCN2CCC(C(O)(c3ccccc3)c3ccccc3)CC2)cc1. The van der Waals surface area contributed by atoms with Gasteiger partial charge in [0.2, 0.25) is 0 Å². The fourth-order valence-corrected chi connectivity index (χ4v) is 5.69. The number of likely N-dealkylation sites (tertiary alicyclic amines) is 1. The number of aliphatic hydroxyl groups is 2. The highest BCUT2D eigenvalue weighted by molar-refractivity contribution is 5.81. The lowest BCUT2D eigenvalue weighted by atomic mass is 9.72. The number of hydrogen-bond acceptors (Lipinski definition) is 6. The van der Waals surface area contributed by atoms with Crippen LogP contribution < -0.4 is 0 Å². The smallest absolute Gasteiger partial charge is 0.352 e. The molecule has 0 aliphatic carbocycles. The van der Waals surface area contributed by atoms with Gasteiger partial charge in [0.25, 0.3) is 0 Å². The maximum atomic E-state index is 12.2. The Morgan fingerprint density at radius 1 is 0.897 bits per heavy atom. The number of rotatable bonds is 11. The number of piperidine rings is 1. The Hall–Kier alpha value is -3.03. The molecular weight excluding hydrogens is 490 g/mol. The number of benzene rings is 3. The van der Waals surface area contributed by atoms with Gasteiger partial charge < -0.3 is 15.1 Å². The van der Waals surface area contributed by atoms with Gasteiger partial charge in [0.15, 0.2) is 0 Å². The van der Waals surface area contributed by atoms with Crippen LogP contribution in [-0.2, 0) is 25.6 Å². The molecule has 1 heterocycles. The molecule has 0 saturated carbocycles. The molecule has 2 N–H and O–H groups in total. The van der Waals surface area contributed by atoms with E-state index in [-0.39, 0.29) is 5.92 Å². The van der Waals surface area contributed by atoms with Gasteiger partial charge in [-0.2, -0.15) is 4.89 Å². The van der Waals surface area contributed by atoms with Crippen LogP contribution in [0.15, 0.2) is 84.9 Å². The van der Waals surface area contributed by atoms with E-state index in [1.165, 1.54) is 7.11 Å². The summed E-state index contributed by atoms with van der Waals surface area (Å²) >= 11 is 0. The summed E-state index contributed by atoms with van der Waals surface area (Å²) in [6.07, 6.45) is 2.79. The fourth-order valence-electron chi connectivity index (χ4n) is 5.69. The summed E-state index contributed by atoms with van der Waals surface area (Å²) in [7, 11) is 1.31. The minimum Gasteiger partial charge on any atom is -0.388 e. The van der Waals surface area contributed by atoms with Crippen LogP contribution in [0.1, 0.15) is 67.9 Å². The minimum atomic E-state index is -1.01. The van der Waals surface area contributed by atoms with Crippen molar-refractivity contribution in [2.45, 2.75) is 56.7 Å². The largest absolute Gasteiger partial charge is 0.388 e. The fraction of sp³-hybridized carbons (Fsp3) is 0.424. The summed E-state index contributed by atoms with van der Waals surface area (Å²) in [4.78, 5) is 23.9. The van der Waals surface area contributed by atoms with Crippen molar-refractivity contribution in [2.24, 2.45) is 5.92 Å². The minimum absolute atomic E-state index is 0.132. The van der Waals surface area contributed by atoms with Crippen molar-refractivity contribution in [3.8, 4) is 0 Å². The highest BCUT2D eigenvalue weighted by Gasteiger charge is 2.41. The van der Waals surface area contributed by atoms with Crippen LogP contribution >= 0.6 is 0 Å². The second kappa shape index (κ2) is 12.9. The van der Waals surface area contributed by atoms with E-state index in [4.69, 9.17) is 4.89 Å². The third kappa shape index (κ3) is 6.59. The summed E-state index contributed by atoms with van der Waals surface area (Å²) in [6, 6.07) is 27.5. The van der Waals surface area contributed by atoms with Crippen LogP contribution in [0.3, 0.4) is 0 Å². The first kappa shape index (κ1) is 29.0. The van der Waals surface area contributed by atoms with E-state index in [0.29, 0.717) is 6.42 Å². The van der Waals surface area contributed by atoms with Crippen LogP contribution in [0, 0.1) is 5.92 Å². The van der Waals surface area contributed by atoms with Crippen LogP contribution in [0.25, 0.3) is 0 Å². The average molecular weight is 532 g/mol. The molecule has 1 unspecified atom stereocenters. The van der Waals surface area contributed by atoms with Crippen molar-refractivity contribution < 1.29 is 24.8 Å². The molecule has 1 saturated heterocycles. The Bertz CT molecular complexity index is 1130. The Morgan fingerprint density at radius 2 is 1.44 bits per heavy atom. The molecule has 1 fully saturated rings. The zero-order valence-electron chi connectivity index (χ0n) is 23.3. The van der Waals surface area contributed by atoms with Gasteiger partial charge in [0, 0.05) is 0 Å². The summed E-state index contributed by atoms with van der Waals surface area (Å²) in [5, 5.41) is 22.9. The lowest BCUT2D eigenvalue weighted by molar-refractivity contribution is -0.259. The molecule has 0 aromatic heterocycles. The molecule has 6 heteroatoms. The van der Waals surface area contributed by atoms with Crippen molar-refractivity contribution >= 4 is 5.97 Å². The van der Waals surface area contributed by atoms with Gasteiger partial charge in [-0.1, -0.05) is 84.9 Å². The normalized spacial score (nSPS) is 16.1. The zero-order chi connectivity index (χ0) is 27.9. The van der Waals surface area contributed by atoms with E-state index in [9.17, 15) is 15.0 Å². The summed E-state index contributed by atoms with van der Waals surface area (Å²) in [6.45, 7) is 6.31. The van der Waals surface area contributed by atoms with E-state index in [1.54, 1.807) is 13.8 Å². The number of nitrogens with zero attached hydrogens (tertiary/aromatic N) is 1. The quantitative estimate of drug-likeness (QED) is 0.250. The number of carbonyl (C=O) groups excluding carboxylic acids is 1. The van der Waals surface area contributed by atoms with Gasteiger partial charge in [0.05, 0.1) is 18.6 Å². The van der Waals surface area contributed by atoms with E-state index in [0.717, 1.165) is 61.2 Å². The summed E-state index contributed by atoms with van der Waals surface area (Å²) in [5.41, 5.74) is 1.67. The number of hydrogen-bond donors (Lipinski definition) is 2. The molecule has 3 aromatic rings. The lowest BCUT2D eigenvalue weighted by Gasteiger charge is -2.42. The molecule has 3 aromatic carbocycles. The Labute approximate surface area is 232 Å². The molecule has 6 nitrogen and oxygen atoms in total. The van der Waals surface area contributed by atoms with E-state index in [2.05, 4.69) is 9.79 Å². The van der Waals surface area contributed by atoms with Crippen molar-refractivity contribution in [1.29, 1.82) is 0 Å². The molecule has 0 spiro atoms. The van der Waals surface area contributed by atoms with Crippen molar-refractivity contribution in [1.82, 2.24) is 4.90 Å². The first-order valence-electron chi connectivity index (χ1n) is 13.9. The second-order valence-electron chi connectivity index (χ2n) is 11.1. The predicted octanol–water partition coefficient (Wildman–Crippen LogP) is 5.53. The first-order valence-corrected chi connectivity index (χ1v) is 13.9. The van der Waals surface area contributed by atoms with Crippen molar-refractivity contribution in [2.75, 3.05) is 26.7 Å². The molecule has 1 atom stereocenters. The Morgan fingerprint density at radius 3 is 1.95 bits per heavy atom. The summed E-state index contributed by atoms with van der Waals surface area (Å²) < 4.78 is 0. The van der Waals surface area contributed by atoms with E-state index >= 15 is 0 Å². The third-order valence-electron chi connectivity index (χ3n) is 8.24. The maximum Gasteiger partial charge on any atom is 0.352 e.